The Kier molecular flexibility index (Phi) is 6.11. The number of esters is 1. The molecule has 1 aromatic carbocycles. The Bertz CT molecular complexity index is 788. The predicted octanol–water partition coefficient (Wildman–Crippen LogP) is 4.43. The summed E-state index contributed by atoms with van der Waals surface area (Å²) >= 11 is 7.15. The lowest BCUT2D eigenvalue weighted by Crippen LogP contribution is -2.29. The molecule has 0 fully saturated rings. The van der Waals surface area contributed by atoms with Gasteiger partial charge in [-0.1, -0.05) is 11.6 Å². The van der Waals surface area contributed by atoms with Crippen LogP contribution in [0.25, 0.3) is 6.08 Å². The lowest BCUT2D eigenvalue weighted by molar-refractivity contribution is -0.148. The van der Waals surface area contributed by atoms with Gasteiger partial charge < -0.3 is 10.1 Å². The van der Waals surface area contributed by atoms with E-state index < -0.39 is 23.8 Å². The van der Waals surface area contributed by atoms with Crippen molar-refractivity contribution >= 4 is 46.6 Å². The first-order valence-electron chi connectivity index (χ1n) is 7.05. The largest absolute Gasteiger partial charge is 0.449 e. The van der Waals surface area contributed by atoms with Crippen LogP contribution in [0.3, 0.4) is 0 Å². The van der Waals surface area contributed by atoms with Crippen molar-refractivity contribution in [1.29, 1.82) is 0 Å². The van der Waals surface area contributed by atoms with Gasteiger partial charge in [0.1, 0.15) is 5.82 Å². The van der Waals surface area contributed by atoms with Gasteiger partial charge in [0.05, 0.1) is 5.02 Å². The highest BCUT2D eigenvalue weighted by Crippen LogP contribution is 2.20. The minimum atomic E-state index is -1.00. The fraction of sp³-hybridized carbons (Fsp3) is 0.176. The van der Waals surface area contributed by atoms with E-state index in [0.717, 1.165) is 16.5 Å². The average Bonchev–Trinajstić information content (AvgIpc) is 2.94. The van der Waals surface area contributed by atoms with Crippen LogP contribution in [-0.2, 0) is 14.3 Å². The third-order valence-corrected chi connectivity index (χ3v) is 4.40. The van der Waals surface area contributed by atoms with Crippen LogP contribution in [0.2, 0.25) is 5.02 Å². The third kappa shape index (κ3) is 4.91. The Hall–Kier alpha value is -2.18. The van der Waals surface area contributed by atoms with Crippen molar-refractivity contribution in [1.82, 2.24) is 0 Å². The van der Waals surface area contributed by atoms with E-state index in [2.05, 4.69) is 5.32 Å². The monoisotopic (exact) mass is 367 g/mol. The molecule has 7 heteroatoms. The number of carbonyl (C=O) groups is 2. The summed E-state index contributed by atoms with van der Waals surface area (Å²) in [4.78, 5) is 24.7. The van der Waals surface area contributed by atoms with E-state index in [9.17, 15) is 14.0 Å². The molecule has 0 aliphatic heterocycles. The van der Waals surface area contributed by atoms with Gasteiger partial charge in [0.15, 0.2) is 6.10 Å². The van der Waals surface area contributed by atoms with Crippen molar-refractivity contribution in [2.45, 2.75) is 20.0 Å². The number of aryl methyl sites for hydroxylation is 1. The molecule has 1 aromatic heterocycles. The van der Waals surface area contributed by atoms with Gasteiger partial charge in [-0.25, -0.2) is 9.18 Å². The van der Waals surface area contributed by atoms with Crippen LogP contribution in [0.5, 0.6) is 0 Å². The molecule has 0 bridgehead atoms. The molecule has 0 saturated heterocycles. The van der Waals surface area contributed by atoms with Crippen LogP contribution in [0.4, 0.5) is 10.1 Å². The molecule has 0 aliphatic rings. The van der Waals surface area contributed by atoms with Crippen LogP contribution in [-0.4, -0.2) is 18.0 Å². The number of ether oxygens (including phenoxy) is 1. The fourth-order valence-electron chi connectivity index (χ4n) is 1.78. The van der Waals surface area contributed by atoms with Crippen LogP contribution >= 0.6 is 22.9 Å². The summed E-state index contributed by atoms with van der Waals surface area (Å²) in [5, 5.41) is 4.32. The van der Waals surface area contributed by atoms with E-state index >= 15 is 0 Å². The first kappa shape index (κ1) is 18.2. The number of nitrogens with one attached hydrogen (secondary N) is 1. The summed E-state index contributed by atoms with van der Waals surface area (Å²) in [6, 6.07) is 5.73. The van der Waals surface area contributed by atoms with E-state index in [1.54, 1.807) is 6.08 Å². The zero-order chi connectivity index (χ0) is 17.7. The number of amides is 1. The van der Waals surface area contributed by atoms with Gasteiger partial charge in [-0.05, 0) is 55.1 Å². The molecule has 0 radical (unpaired) electrons. The second-order valence-electron chi connectivity index (χ2n) is 5.00. The highest BCUT2D eigenvalue weighted by Gasteiger charge is 2.17. The predicted molar refractivity (Wildman–Crippen MR) is 93.7 cm³/mol. The molecule has 4 nitrogen and oxygen atoms in total. The topological polar surface area (TPSA) is 55.4 Å². The summed E-state index contributed by atoms with van der Waals surface area (Å²) in [6.45, 7) is 3.38. The van der Waals surface area contributed by atoms with Crippen molar-refractivity contribution in [3.05, 3.63) is 57.0 Å². The Morgan fingerprint density at radius 3 is 2.75 bits per heavy atom. The van der Waals surface area contributed by atoms with Crippen LogP contribution < -0.4 is 5.32 Å². The summed E-state index contributed by atoms with van der Waals surface area (Å²) in [5.41, 5.74) is 1.38. The number of rotatable bonds is 5. The number of thiophene rings is 1. The summed E-state index contributed by atoms with van der Waals surface area (Å²) in [7, 11) is 0. The maximum atomic E-state index is 13.1. The summed E-state index contributed by atoms with van der Waals surface area (Å²) in [5.74, 6) is -1.74. The van der Waals surface area contributed by atoms with E-state index in [0.29, 0.717) is 5.69 Å². The average molecular weight is 368 g/mol. The van der Waals surface area contributed by atoms with Gasteiger partial charge >= 0.3 is 5.97 Å². The first-order chi connectivity index (χ1) is 11.4. The quantitative estimate of drug-likeness (QED) is 0.628. The second-order valence-corrected chi connectivity index (χ2v) is 6.35. The van der Waals surface area contributed by atoms with Crippen LogP contribution in [0.15, 0.2) is 35.7 Å². The molecule has 0 spiro atoms. The smallest absolute Gasteiger partial charge is 0.331 e. The molecule has 126 valence electrons. The minimum absolute atomic E-state index is 0.105. The number of carbonyl (C=O) groups excluding carboxylic acids is 2. The highest BCUT2D eigenvalue weighted by atomic mass is 35.5. The Labute approximate surface area is 147 Å². The number of halogens is 2. The highest BCUT2D eigenvalue weighted by molar-refractivity contribution is 7.11. The number of hydrogen-bond donors (Lipinski definition) is 1. The number of anilines is 1. The zero-order valence-electron chi connectivity index (χ0n) is 13.0. The molecular formula is C17H15ClFNO3S. The normalized spacial score (nSPS) is 12.2. The van der Waals surface area contributed by atoms with Crippen molar-refractivity contribution in [2.24, 2.45) is 0 Å². The Balaban J connectivity index is 1.91. The third-order valence-electron chi connectivity index (χ3n) is 3.12. The van der Waals surface area contributed by atoms with Gasteiger partial charge in [-0.3, -0.25) is 4.79 Å². The molecule has 0 saturated carbocycles. The molecule has 1 N–H and O–H groups in total. The van der Waals surface area contributed by atoms with Crippen LogP contribution in [0, 0.1) is 12.7 Å². The molecule has 1 atom stereocenters. The van der Waals surface area contributed by atoms with Crippen molar-refractivity contribution in [3.63, 3.8) is 0 Å². The molecule has 24 heavy (non-hydrogen) atoms. The van der Waals surface area contributed by atoms with E-state index in [-0.39, 0.29) is 5.02 Å². The Morgan fingerprint density at radius 1 is 1.38 bits per heavy atom. The van der Waals surface area contributed by atoms with E-state index in [1.165, 1.54) is 36.5 Å². The van der Waals surface area contributed by atoms with E-state index in [1.807, 2.05) is 18.4 Å². The first-order valence-corrected chi connectivity index (χ1v) is 8.31. The van der Waals surface area contributed by atoms with Gasteiger partial charge in [0.2, 0.25) is 0 Å². The number of hydrogen-bond acceptors (Lipinski definition) is 4. The zero-order valence-corrected chi connectivity index (χ0v) is 14.6. The molecule has 0 unspecified atom stereocenters. The molecular weight excluding hydrogens is 353 g/mol. The maximum absolute atomic E-state index is 13.1. The van der Waals surface area contributed by atoms with Gasteiger partial charge in [-0.15, -0.1) is 11.3 Å². The van der Waals surface area contributed by atoms with Crippen LogP contribution in [0.1, 0.15) is 17.4 Å². The second kappa shape index (κ2) is 8.08. The molecule has 0 aliphatic carbocycles. The lowest BCUT2D eigenvalue weighted by Gasteiger charge is -2.12. The summed E-state index contributed by atoms with van der Waals surface area (Å²) < 4.78 is 18.1. The molecule has 1 amide bonds. The molecule has 2 rings (SSSR count). The number of benzene rings is 1. The Morgan fingerprint density at radius 2 is 2.12 bits per heavy atom. The van der Waals surface area contributed by atoms with Crippen molar-refractivity contribution in [2.75, 3.05) is 5.32 Å². The van der Waals surface area contributed by atoms with Gasteiger partial charge in [0, 0.05) is 16.6 Å². The standard InChI is InChI=1S/C17H15ClFNO3S/c1-10-7-8-24-15(10)5-6-16(21)23-11(2)17(22)20-12-3-4-14(19)13(18)9-12/h3-9,11H,1-2H3,(H,20,22)/b6-5+/t11-/m0/s1. The van der Waals surface area contributed by atoms with Crippen molar-refractivity contribution in [3.8, 4) is 0 Å². The maximum Gasteiger partial charge on any atom is 0.331 e. The molecule has 1 heterocycles. The summed E-state index contributed by atoms with van der Waals surface area (Å²) in [6.07, 6.45) is 1.92. The fourth-order valence-corrected chi connectivity index (χ4v) is 2.78. The lowest BCUT2D eigenvalue weighted by atomic mass is 10.2. The molecule has 2 aromatic rings. The van der Waals surface area contributed by atoms with E-state index in [4.69, 9.17) is 16.3 Å². The van der Waals surface area contributed by atoms with Gasteiger partial charge in [0.25, 0.3) is 5.91 Å². The SMILES string of the molecule is Cc1ccsc1/C=C/C(=O)O[C@@H](C)C(=O)Nc1ccc(F)c(Cl)c1. The van der Waals surface area contributed by atoms with Crippen molar-refractivity contribution < 1.29 is 18.7 Å². The van der Waals surface area contributed by atoms with Gasteiger partial charge in [-0.2, -0.15) is 0 Å². The minimum Gasteiger partial charge on any atom is -0.449 e.